The minimum absolute atomic E-state index is 0.150. The highest BCUT2D eigenvalue weighted by molar-refractivity contribution is 5.85. The molecule has 2 saturated heterocycles. The molecule has 2 fully saturated rings. The highest BCUT2D eigenvalue weighted by Gasteiger charge is 2.62. The Morgan fingerprint density at radius 2 is 1.77 bits per heavy atom. The van der Waals surface area contributed by atoms with E-state index in [2.05, 4.69) is 44.7 Å². The first kappa shape index (κ1) is 21.8. The van der Waals surface area contributed by atoms with Gasteiger partial charge in [0.15, 0.2) is 0 Å². The van der Waals surface area contributed by atoms with E-state index in [4.69, 9.17) is 9.47 Å². The molecular weight excluding hydrogens is 386 g/mol. The molecule has 0 N–H and O–H groups in total. The van der Waals surface area contributed by atoms with Crippen LogP contribution >= 0.6 is 0 Å². The molecule has 2 heterocycles. The molecule has 0 aliphatic carbocycles. The van der Waals surface area contributed by atoms with Gasteiger partial charge in [-0.25, -0.2) is 0 Å². The maximum atomic E-state index is 14.2. The third-order valence-electron chi connectivity index (χ3n) is 7.14. The minimum Gasteiger partial charge on any atom is -0.382 e. The second-order valence-electron chi connectivity index (χ2n) is 9.33. The van der Waals surface area contributed by atoms with E-state index in [1.54, 1.807) is 7.11 Å². The molecule has 31 heavy (non-hydrogen) atoms. The molecule has 1 amide bonds. The van der Waals surface area contributed by atoms with Crippen LogP contribution in [0.1, 0.15) is 43.9 Å². The molecule has 4 heteroatoms. The monoisotopic (exact) mass is 419 g/mol. The van der Waals surface area contributed by atoms with Crippen molar-refractivity contribution in [2.24, 2.45) is 11.3 Å². The number of benzene rings is 2. The lowest BCUT2D eigenvalue weighted by Crippen LogP contribution is -2.63. The van der Waals surface area contributed by atoms with Crippen molar-refractivity contribution in [1.82, 2.24) is 4.90 Å². The fourth-order valence-electron chi connectivity index (χ4n) is 5.59. The van der Waals surface area contributed by atoms with Gasteiger partial charge >= 0.3 is 0 Å². The SMILES string of the molecule is C=CC[C@H]1C[C@@]2(C)O[C@@H](c3ccccc3)[C@H](COC)N2C(=O)[C@]1(C)Cc1ccccc1. The van der Waals surface area contributed by atoms with Crippen molar-refractivity contribution in [3.63, 3.8) is 0 Å². The Kier molecular flexibility index (Phi) is 6.05. The van der Waals surface area contributed by atoms with E-state index in [0.29, 0.717) is 13.0 Å². The third kappa shape index (κ3) is 3.83. The number of ether oxygens (including phenoxy) is 2. The Bertz CT molecular complexity index is 915. The molecule has 0 radical (unpaired) electrons. The van der Waals surface area contributed by atoms with Crippen LogP contribution < -0.4 is 0 Å². The van der Waals surface area contributed by atoms with E-state index in [1.807, 2.05) is 47.4 Å². The van der Waals surface area contributed by atoms with Gasteiger partial charge in [0.1, 0.15) is 11.8 Å². The molecule has 4 rings (SSSR count). The fourth-order valence-corrected chi connectivity index (χ4v) is 5.59. The Labute approximate surface area is 185 Å². The summed E-state index contributed by atoms with van der Waals surface area (Å²) in [6, 6.07) is 20.3. The maximum absolute atomic E-state index is 14.2. The first-order valence-electron chi connectivity index (χ1n) is 11.1. The van der Waals surface area contributed by atoms with Crippen molar-refractivity contribution in [1.29, 1.82) is 0 Å². The van der Waals surface area contributed by atoms with Gasteiger partial charge in [0.25, 0.3) is 0 Å². The predicted molar refractivity (Wildman–Crippen MR) is 122 cm³/mol. The zero-order chi connectivity index (χ0) is 22.1. The van der Waals surface area contributed by atoms with Crippen LogP contribution in [0.15, 0.2) is 73.3 Å². The molecule has 0 saturated carbocycles. The van der Waals surface area contributed by atoms with E-state index in [1.165, 1.54) is 5.56 Å². The van der Waals surface area contributed by atoms with Crippen molar-refractivity contribution < 1.29 is 14.3 Å². The van der Waals surface area contributed by atoms with Crippen LogP contribution in [0.3, 0.4) is 0 Å². The van der Waals surface area contributed by atoms with Crippen LogP contribution in [0.25, 0.3) is 0 Å². The summed E-state index contributed by atoms with van der Waals surface area (Å²) >= 11 is 0. The van der Waals surface area contributed by atoms with Crippen molar-refractivity contribution in [3.05, 3.63) is 84.4 Å². The number of fused-ring (bicyclic) bond motifs is 1. The average molecular weight is 420 g/mol. The van der Waals surface area contributed by atoms with Crippen LogP contribution in [0, 0.1) is 11.3 Å². The molecule has 4 nitrogen and oxygen atoms in total. The number of amides is 1. The summed E-state index contributed by atoms with van der Waals surface area (Å²) in [4.78, 5) is 16.2. The number of allylic oxidation sites excluding steroid dienone is 1. The van der Waals surface area contributed by atoms with Crippen LogP contribution in [0.4, 0.5) is 0 Å². The quantitative estimate of drug-likeness (QED) is 0.582. The molecule has 0 aromatic heterocycles. The number of hydrogen-bond donors (Lipinski definition) is 0. The van der Waals surface area contributed by atoms with Gasteiger partial charge in [-0.3, -0.25) is 4.79 Å². The molecule has 2 aliphatic rings. The van der Waals surface area contributed by atoms with Crippen LogP contribution in [-0.2, 0) is 20.7 Å². The summed E-state index contributed by atoms with van der Waals surface area (Å²) in [5, 5.41) is 0. The third-order valence-corrected chi connectivity index (χ3v) is 7.14. The lowest BCUT2D eigenvalue weighted by atomic mass is 9.64. The summed E-state index contributed by atoms with van der Waals surface area (Å²) < 4.78 is 12.3. The fraction of sp³-hybridized carbons (Fsp3) is 0.444. The van der Waals surface area contributed by atoms with Gasteiger partial charge in [0.2, 0.25) is 5.91 Å². The molecule has 0 bridgehead atoms. The van der Waals surface area contributed by atoms with Crippen molar-refractivity contribution in [2.75, 3.05) is 13.7 Å². The summed E-state index contributed by atoms with van der Waals surface area (Å²) in [6.45, 7) is 8.61. The number of piperidine rings is 1. The van der Waals surface area contributed by atoms with Crippen LogP contribution in [0.2, 0.25) is 0 Å². The topological polar surface area (TPSA) is 38.8 Å². The molecular formula is C27H33NO3. The first-order valence-corrected chi connectivity index (χ1v) is 11.1. The average Bonchev–Trinajstić information content (AvgIpc) is 3.06. The Morgan fingerprint density at radius 3 is 2.39 bits per heavy atom. The van der Waals surface area contributed by atoms with Crippen molar-refractivity contribution in [3.8, 4) is 0 Å². The highest BCUT2D eigenvalue weighted by Crippen LogP contribution is 2.54. The predicted octanol–water partition coefficient (Wildman–Crippen LogP) is 5.16. The Balaban J connectivity index is 1.75. The molecule has 164 valence electrons. The zero-order valence-corrected chi connectivity index (χ0v) is 18.8. The molecule has 0 spiro atoms. The molecule has 2 aliphatic heterocycles. The van der Waals surface area contributed by atoms with Gasteiger partial charge in [0.05, 0.1) is 18.1 Å². The van der Waals surface area contributed by atoms with Gasteiger partial charge in [-0.2, -0.15) is 0 Å². The van der Waals surface area contributed by atoms with Crippen LogP contribution in [0.5, 0.6) is 0 Å². The lowest BCUT2D eigenvalue weighted by molar-refractivity contribution is -0.185. The normalized spacial score (nSPS) is 32.7. The molecule has 5 atom stereocenters. The number of carbonyl (C=O) groups excluding carboxylic acids is 1. The van der Waals surface area contributed by atoms with Gasteiger partial charge in [-0.15, -0.1) is 6.58 Å². The second-order valence-corrected chi connectivity index (χ2v) is 9.33. The summed E-state index contributed by atoms with van der Waals surface area (Å²) in [6.07, 6.45) is 3.99. The Morgan fingerprint density at radius 1 is 1.13 bits per heavy atom. The van der Waals surface area contributed by atoms with Crippen molar-refractivity contribution >= 4 is 5.91 Å². The number of methoxy groups -OCH3 is 1. The maximum Gasteiger partial charge on any atom is 0.231 e. The van der Waals surface area contributed by atoms with E-state index >= 15 is 0 Å². The smallest absolute Gasteiger partial charge is 0.231 e. The number of nitrogens with zero attached hydrogens (tertiary/aromatic N) is 1. The first-order chi connectivity index (χ1) is 14.9. The largest absolute Gasteiger partial charge is 0.382 e. The molecule has 2 aromatic rings. The summed E-state index contributed by atoms with van der Waals surface area (Å²) in [5.74, 6) is 0.300. The van der Waals surface area contributed by atoms with Crippen molar-refractivity contribution in [2.45, 2.75) is 51.0 Å². The van der Waals surface area contributed by atoms with Crippen LogP contribution in [-0.4, -0.2) is 36.3 Å². The van der Waals surface area contributed by atoms with Gasteiger partial charge in [-0.1, -0.05) is 73.7 Å². The van der Waals surface area contributed by atoms with Gasteiger partial charge in [0, 0.05) is 7.11 Å². The number of carbonyl (C=O) groups is 1. The minimum atomic E-state index is -0.662. The Hall–Kier alpha value is -2.43. The second kappa shape index (κ2) is 8.60. The zero-order valence-electron chi connectivity index (χ0n) is 18.8. The number of rotatable bonds is 7. The van der Waals surface area contributed by atoms with E-state index in [0.717, 1.165) is 18.4 Å². The standard InChI is InChI=1S/C27H33NO3/c1-5-12-22-18-27(3)28(25(29)26(22,2)17-20-13-8-6-9-14-20)23(19-30-4)24(31-27)21-15-10-7-11-16-21/h5-11,13-16,22-24H,1,12,17-19H2,2-4H3/t22-,23-,24-,26+,27+/m0/s1. The lowest BCUT2D eigenvalue weighted by Gasteiger charge is -2.52. The summed E-state index contributed by atoms with van der Waals surface area (Å²) in [5.41, 5.74) is 1.07. The summed E-state index contributed by atoms with van der Waals surface area (Å²) in [7, 11) is 1.69. The molecule has 2 aromatic carbocycles. The van der Waals surface area contributed by atoms with E-state index in [9.17, 15) is 4.79 Å². The van der Waals surface area contributed by atoms with E-state index < -0.39 is 11.1 Å². The van der Waals surface area contributed by atoms with Gasteiger partial charge < -0.3 is 14.4 Å². The number of hydrogen-bond acceptors (Lipinski definition) is 3. The molecule has 0 unspecified atom stereocenters. The van der Waals surface area contributed by atoms with E-state index in [-0.39, 0.29) is 24.0 Å². The van der Waals surface area contributed by atoms with Gasteiger partial charge in [-0.05, 0) is 43.2 Å². The highest BCUT2D eigenvalue weighted by atomic mass is 16.6.